The maximum absolute atomic E-state index is 14.3. The van der Waals surface area contributed by atoms with Crippen LogP contribution in [0.5, 0.6) is 5.75 Å². The van der Waals surface area contributed by atoms with Crippen molar-refractivity contribution in [1.29, 1.82) is 0 Å². The third kappa shape index (κ3) is 11.9. The number of fused-ring (bicyclic) bond motifs is 2. The van der Waals surface area contributed by atoms with Gasteiger partial charge in [-0.1, -0.05) is 39.8 Å². The lowest BCUT2D eigenvalue weighted by Gasteiger charge is -2.34. The first-order valence-corrected chi connectivity index (χ1v) is 19.3. The summed E-state index contributed by atoms with van der Waals surface area (Å²) in [6.45, 7) is 5.89. The lowest BCUT2D eigenvalue weighted by Crippen LogP contribution is -2.60. The Morgan fingerprint density at radius 3 is 1.77 bits per heavy atom. The quantitative estimate of drug-likeness (QED) is 0.154. The van der Waals surface area contributed by atoms with Gasteiger partial charge < -0.3 is 51.9 Å². The summed E-state index contributed by atoms with van der Waals surface area (Å²) >= 11 is 0. The minimum atomic E-state index is -1.48. The Balaban J connectivity index is 1.66. The number of nitrogens with one attached hydrogen (secondary N) is 6. The number of carbonyl (C=O) groups is 8. The molecule has 1 aromatic carbocycles. The Labute approximate surface area is 326 Å². The third-order valence-corrected chi connectivity index (χ3v) is 10.0. The molecule has 0 spiro atoms. The number of nitrogens with zero attached hydrogens (tertiary/aromatic N) is 2. The highest BCUT2D eigenvalue weighted by molar-refractivity contribution is 5.98. The van der Waals surface area contributed by atoms with Crippen LogP contribution in [-0.2, 0) is 44.8 Å². The number of benzene rings is 1. The maximum atomic E-state index is 14.3. The van der Waals surface area contributed by atoms with Gasteiger partial charge in [0.2, 0.25) is 47.3 Å². The van der Waals surface area contributed by atoms with Crippen molar-refractivity contribution in [2.75, 3.05) is 32.8 Å². The molecule has 8 N–H and O–H groups in total. The van der Waals surface area contributed by atoms with Crippen molar-refractivity contribution >= 4 is 47.3 Å². The van der Waals surface area contributed by atoms with Crippen LogP contribution in [0.25, 0.3) is 0 Å². The van der Waals surface area contributed by atoms with Crippen molar-refractivity contribution in [2.45, 2.75) is 109 Å². The molecule has 8 amide bonds. The predicted octanol–water partition coefficient (Wildman–Crippen LogP) is -1.81. The monoisotopic (exact) mass is 784 g/mol. The van der Waals surface area contributed by atoms with E-state index in [1.807, 2.05) is 27.7 Å². The van der Waals surface area contributed by atoms with Crippen LogP contribution in [0.2, 0.25) is 0 Å². The van der Waals surface area contributed by atoms with E-state index in [2.05, 4.69) is 31.9 Å². The lowest BCUT2D eigenvalue weighted by molar-refractivity contribution is -0.148. The van der Waals surface area contributed by atoms with E-state index in [0.717, 1.165) is 0 Å². The summed E-state index contributed by atoms with van der Waals surface area (Å²) in [5.41, 5.74) is 0.574. The van der Waals surface area contributed by atoms with E-state index in [4.69, 9.17) is 0 Å². The van der Waals surface area contributed by atoms with Crippen LogP contribution >= 0.6 is 0 Å². The van der Waals surface area contributed by atoms with Crippen LogP contribution in [0.1, 0.15) is 71.8 Å². The molecule has 0 saturated carbocycles. The van der Waals surface area contributed by atoms with Crippen molar-refractivity contribution in [2.24, 2.45) is 11.8 Å². The summed E-state index contributed by atoms with van der Waals surface area (Å²) in [5.74, 6) is -5.50. The summed E-state index contributed by atoms with van der Waals surface area (Å²) in [4.78, 5) is 111. The summed E-state index contributed by atoms with van der Waals surface area (Å²) in [6.07, 6.45) is 2.02. The van der Waals surface area contributed by atoms with Crippen molar-refractivity contribution in [3.8, 4) is 5.75 Å². The normalized spacial score (nSPS) is 26.8. The molecule has 18 heteroatoms. The largest absolute Gasteiger partial charge is 0.508 e. The van der Waals surface area contributed by atoms with Crippen LogP contribution < -0.4 is 31.9 Å². The van der Waals surface area contributed by atoms with Crippen LogP contribution in [-0.4, -0.2) is 136 Å². The minimum absolute atomic E-state index is 0.00745. The summed E-state index contributed by atoms with van der Waals surface area (Å²) in [6, 6.07) is -0.760. The topological polar surface area (TPSA) is 256 Å². The van der Waals surface area contributed by atoms with Crippen LogP contribution in [0.4, 0.5) is 0 Å². The second kappa shape index (κ2) is 20.1. The molecule has 56 heavy (non-hydrogen) atoms. The van der Waals surface area contributed by atoms with Crippen molar-refractivity contribution in [1.82, 2.24) is 41.7 Å². The number of aliphatic hydroxyl groups excluding tert-OH is 1. The van der Waals surface area contributed by atoms with Crippen LogP contribution in [0, 0.1) is 11.8 Å². The smallest absolute Gasteiger partial charge is 0.246 e. The molecule has 0 radical (unpaired) electrons. The zero-order valence-corrected chi connectivity index (χ0v) is 32.5. The fourth-order valence-corrected chi connectivity index (χ4v) is 7.24. The van der Waals surface area contributed by atoms with E-state index < -0.39 is 103 Å². The highest BCUT2D eigenvalue weighted by Gasteiger charge is 2.44. The molecule has 0 unspecified atom stereocenters. The number of phenolic OH excluding ortho intramolecular Hbond substituents is 1. The van der Waals surface area contributed by atoms with E-state index >= 15 is 0 Å². The van der Waals surface area contributed by atoms with E-state index in [0.29, 0.717) is 31.2 Å². The molecule has 3 aliphatic heterocycles. The molecule has 0 aromatic heterocycles. The van der Waals surface area contributed by atoms with Gasteiger partial charge in [-0.05, 0) is 68.1 Å². The average molecular weight is 785 g/mol. The number of hydrogen-bond donors (Lipinski definition) is 8. The predicted molar refractivity (Wildman–Crippen MR) is 201 cm³/mol. The van der Waals surface area contributed by atoms with Gasteiger partial charge in [-0.3, -0.25) is 38.4 Å². The zero-order valence-electron chi connectivity index (χ0n) is 32.5. The van der Waals surface area contributed by atoms with E-state index in [1.54, 1.807) is 12.1 Å². The number of aliphatic hydroxyl groups is 1. The molecule has 3 saturated heterocycles. The second-order valence-electron chi connectivity index (χ2n) is 15.5. The first-order valence-electron chi connectivity index (χ1n) is 19.3. The second-order valence-corrected chi connectivity index (χ2v) is 15.5. The molecule has 308 valence electrons. The first-order chi connectivity index (χ1) is 26.6. The molecular weight excluding hydrogens is 728 g/mol. The Kier molecular flexibility index (Phi) is 15.6. The molecule has 1 aromatic rings. The standard InChI is InChI=1S/C38H56N8O10/c1-21(2)15-25-34(52)44-28(20-47)33(51)40-18-31(49)39-19-32(50)41-26(17-23-9-11-24(48)12-10-23)35(53)43-27(16-22(3)4)37(55)46-14-6-8-30(46)38(56)45-13-5-7-29(45)36(54)42-25/h9-12,21-22,25-30,47-48H,5-8,13-20H2,1-4H3,(H,39,49)(H,40,51)(H,41,50)(H,42,54)(H,43,53)(H,44,52)/t25-,26-,27+,28-,29-,30-/m0/s1. The number of hydrogen-bond acceptors (Lipinski definition) is 10. The van der Waals surface area contributed by atoms with E-state index in [-0.39, 0.29) is 49.9 Å². The van der Waals surface area contributed by atoms with Crippen molar-refractivity contribution in [3.05, 3.63) is 29.8 Å². The van der Waals surface area contributed by atoms with Gasteiger partial charge >= 0.3 is 0 Å². The Morgan fingerprint density at radius 2 is 1.14 bits per heavy atom. The number of phenols is 1. The molecule has 0 bridgehead atoms. The molecule has 3 heterocycles. The van der Waals surface area contributed by atoms with Gasteiger partial charge in [-0.25, -0.2) is 0 Å². The van der Waals surface area contributed by atoms with Gasteiger partial charge in [-0.15, -0.1) is 0 Å². The highest BCUT2D eigenvalue weighted by atomic mass is 16.3. The SMILES string of the molecule is CC(C)C[C@@H]1NC(=O)[C@@H]2CCCN2C(=O)[C@@H]2CCCN2C(=O)[C@@H](CC(C)C)NC(=O)[C@H](Cc2ccc(O)cc2)NC(=O)CNC(=O)CNC(=O)[C@H](CO)NC1=O. The van der Waals surface area contributed by atoms with Gasteiger partial charge in [0.15, 0.2) is 0 Å². The molecule has 4 rings (SSSR count). The van der Waals surface area contributed by atoms with Crippen LogP contribution in [0.15, 0.2) is 24.3 Å². The van der Waals surface area contributed by atoms with Crippen LogP contribution in [0.3, 0.4) is 0 Å². The maximum Gasteiger partial charge on any atom is 0.246 e. The zero-order chi connectivity index (χ0) is 41.1. The molecule has 3 aliphatic rings. The van der Waals surface area contributed by atoms with Gasteiger partial charge in [0.05, 0.1) is 19.7 Å². The third-order valence-electron chi connectivity index (χ3n) is 10.0. The molecule has 3 fully saturated rings. The number of aromatic hydroxyl groups is 1. The highest BCUT2D eigenvalue weighted by Crippen LogP contribution is 2.27. The lowest BCUT2D eigenvalue weighted by atomic mass is 10.00. The van der Waals surface area contributed by atoms with Crippen molar-refractivity contribution < 1.29 is 48.6 Å². The van der Waals surface area contributed by atoms with Gasteiger partial charge in [-0.2, -0.15) is 0 Å². The summed E-state index contributed by atoms with van der Waals surface area (Å²) in [7, 11) is 0. The van der Waals surface area contributed by atoms with Gasteiger partial charge in [0.1, 0.15) is 42.0 Å². The van der Waals surface area contributed by atoms with Gasteiger partial charge in [0, 0.05) is 19.5 Å². The molecule has 18 nitrogen and oxygen atoms in total. The van der Waals surface area contributed by atoms with E-state index in [9.17, 15) is 48.6 Å². The molecule has 0 aliphatic carbocycles. The number of amides is 8. The fourth-order valence-electron chi connectivity index (χ4n) is 7.24. The summed E-state index contributed by atoms with van der Waals surface area (Å²) < 4.78 is 0. The Hall–Kier alpha value is -5.26. The Bertz CT molecular complexity index is 1620. The first kappa shape index (κ1) is 43.5. The average Bonchev–Trinajstić information content (AvgIpc) is 3.85. The number of carbonyl (C=O) groups excluding carboxylic acids is 8. The Morgan fingerprint density at radius 1 is 0.607 bits per heavy atom. The molecular formula is C38H56N8O10. The van der Waals surface area contributed by atoms with Crippen molar-refractivity contribution in [3.63, 3.8) is 0 Å². The summed E-state index contributed by atoms with van der Waals surface area (Å²) in [5, 5.41) is 34.9. The fraction of sp³-hybridized carbons (Fsp3) is 0.632. The number of rotatable bonds is 7. The molecule has 6 atom stereocenters. The van der Waals surface area contributed by atoms with Gasteiger partial charge in [0.25, 0.3) is 0 Å². The minimum Gasteiger partial charge on any atom is -0.508 e. The van der Waals surface area contributed by atoms with E-state index in [1.165, 1.54) is 21.9 Å².